The molecule has 22 heavy (non-hydrogen) atoms. The van der Waals surface area contributed by atoms with Gasteiger partial charge in [-0.15, -0.1) is 0 Å². The van der Waals surface area contributed by atoms with E-state index >= 15 is 0 Å². The highest BCUT2D eigenvalue weighted by Crippen LogP contribution is 2.40. The van der Waals surface area contributed by atoms with Gasteiger partial charge in [-0.05, 0) is 12.5 Å². The number of piperidine rings is 1. The molecule has 2 rings (SSSR count). The summed E-state index contributed by atoms with van der Waals surface area (Å²) in [5.74, 6) is 1.35. The number of rotatable bonds is 6. The van der Waals surface area contributed by atoms with E-state index in [1.165, 1.54) is 0 Å². The average molecular weight is 308 g/mol. The van der Waals surface area contributed by atoms with Crippen molar-refractivity contribution in [1.82, 2.24) is 4.90 Å². The van der Waals surface area contributed by atoms with Crippen LogP contribution in [0.3, 0.4) is 0 Å². The monoisotopic (exact) mass is 308 g/mol. The summed E-state index contributed by atoms with van der Waals surface area (Å²) in [6, 6.07) is 5.27. The zero-order valence-electron chi connectivity index (χ0n) is 13.4. The van der Waals surface area contributed by atoms with Gasteiger partial charge >= 0.3 is 0 Å². The van der Waals surface area contributed by atoms with E-state index in [4.69, 9.17) is 19.9 Å². The van der Waals surface area contributed by atoms with Gasteiger partial charge in [-0.3, -0.25) is 4.79 Å². The number of nitrogens with two attached hydrogens (primary N) is 1. The first-order valence-corrected chi connectivity index (χ1v) is 7.38. The Morgan fingerprint density at radius 1 is 1.27 bits per heavy atom. The minimum atomic E-state index is -0.235. The molecule has 1 aromatic carbocycles. The first-order chi connectivity index (χ1) is 10.6. The maximum atomic E-state index is 12.3. The molecule has 2 unspecified atom stereocenters. The van der Waals surface area contributed by atoms with Crippen molar-refractivity contribution < 1.29 is 19.0 Å². The summed E-state index contributed by atoms with van der Waals surface area (Å²) in [6.45, 7) is 0.981. The maximum Gasteiger partial charge on any atom is 0.223 e. The molecule has 1 fully saturated rings. The number of amides is 1. The van der Waals surface area contributed by atoms with Gasteiger partial charge in [-0.25, -0.2) is 0 Å². The van der Waals surface area contributed by atoms with E-state index < -0.39 is 0 Å². The third-order valence-electron chi connectivity index (χ3n) is 4.04. The Bertz CT molecular complexity index is 521. The second-order valence-corrected chi connectivity index (χ2v) is 5.31. The third kappa shape index (κ3) is 3.18. The van der Waals surface area contributed by atoms with Crippen molar-refractivity contribution in [1.29, 1.82) is 0 Å². The molecule has 6 nitrogen and oxygen atoms in total. The predicted octanol–water partition coefficient (Wildman–Crippen LogP) is 1.34. The van der Waals surface area contributed by atoms with Crippen molar-refractivity contribution in [3.05, 3.63) is 23.8 Å². The largest absolute Gasteiger partial charge is 0.493 e. The van der Waals surface area contributed by atoms with Gasteiger partial charge in [0, 0.05) is 31.7 Å². The van der Waals surface area contributed by atoms with Gasteiger partial charge in [0.15, 0.2) is 11.5 Å². The van der Waals surface area contributed by atoms with Crippen LogP contribution in [0, 0.1) is 0 Å². The Morgan fingerprint density at radius 3 is 2.68 bits per heavy atom. The molecule has 1 saturated heterocycles. The number of methoxy groups -OCH3 is 3. The number of ether oxygens (including phenoxy) is 3. The second-order valence-electron chi connectivity index (χ2n) is 5.31. The molecular formula is C16H24N2O4. The van der Waals surface area contributed by atoms with Gasteiger partial charge in [0.2, 0.25) is 5.91 Å². The summed E-state index contributed by atoms with van der Waals surface area (Å²) in [7, 11) is 4.81. The van der Waals surface area contributed by atoms with E-state index in [1.807, 2.05) is 18.2 Å². The van der Waals surface area contributed by atoms with Crippen molar-refractivity contribution in [2.45, 2.75) is 24.9 Å². The summed E-state index contributed by atoms with van der Waals surface area (Å²) < 4.78 is 16.0. The first kappa shape index (κ1) is 16.6. The van der Waals surface area contributed by atoms with E-state index in [9.17, 15) is 4.79 Å². The third-order valence-corrected chi connectivity index (χ3v) is 4.04. The van der Waals surface area contributed by atoms with Crippen molar-refractivity contribution in [2.75, 3.05) is 34.5 Å². The van der Waals surface area contributed by atoms with E-state index in [2.05, 4.69) is 0 Å². The highest BCUT2D eigenvalue weighted by Gasteiger charge is 2.36. The van der Waals surface area contributed by atoms with E-state index in [-0.39, 0.29) is 18.0 Å². The van der Waals surface area contributed by atoms with Crippen molar-refractivity contribution in [3.8, 4) is 11.5 Å². The summed E-state index contributed by atoms with van der Waals surface area (Å²) in [5, 5.41) is 0. The Balaban J connectivity index is 2.43. The van der Waals surface area contributed by atoms with Crippen LogP contribution in [0.5, 0.6) is 11.5 Å². The summed E-state index contributed by atoms with van der Waals surface area (Å²) in [5.41, 5.74) is 7.19. The number of para-hydroxylation sites is 1. The molecule has 1 aromatic rings. The molecule has 6 heteroatoms. The molecule has 2 N–H and O–H groups in total. The van der Waals surface area contributed by atoms with Gasteiger partial charge in [-0.1, -0.05) is 12.1 Å². The summed E-state index contributed by atoms with van der Waals surface area (Å²) in [6.07, 6.45) is 1.13. The van der Waals surface area contributed by atoms with E-state index in [0.717, 1.165) is 5.56 Å². The molecule has 0 aliphatic carbocycles. The fraction of sp³-hybridized carbons (Fsp3) is 0.562. The fourth-order valence-corrected chi connectivity index (χ4v) is 2.97. The van der Waals surface area contributed by atoms with Gasteiger partial charge in [0.25, 0.3) is 0 Å². The first-order valence-electron chi connectivity index (χ1n) is 7.38. The van der Waals surface area contributed by atoms with Crippen LogP contribution in [0.1, 0.15) is 24.4 Å². The molecule has 0 saturated carbocycles. The molecule has 0 radical (unpaired) electrons. The predicted molar refractivity (Wildman–Crippen MR) is 83.1 cm³/mol. The minimum Gasteiger partial charge on any atom is -0.493 e. The van der Waals surface area contributed by atoms with Crippen LogP contribution >= 0.6 is 0 Å². The smallest absolute Gasteiger partial charge is 0.223 e. The minimum absolute atomic E-state index is 0.0913. The number of nitrogens with zero attached hydrogens (tertiary/aromatic N) is 1. The number of hydrogen-bond donors (Lipinski definition) is 1. The lowest BCUT2D eigenvalue weighted by molar-refractivity contribution is -0.138. The van der Waals surface area contributed by atoms with E-state index in [0.29, 0.717) is 37.5 Å². The molecule has 0 bridgehead atoms. The standard InChI is InChI=1S/C16H24N2O4/c1-20-10-9-18-14(19)8-7-12(17)15(18)11-5-4-6-13(21-2)16(11)22-3/h4-6,12,15H,7-10,17H2,1-3H3. The number of benzene rings is 1. The number of carbonyl (C=O) groups is 1. The molecule has 1 aliphatic rings. The van der Waals surface area contributed by atoms with Crippen LogP contribution < -0.4 is 15.2 Å². The van der Waals surface area contributed by atoms with Crippen molar-refractivity contribution in [3.63, 3.8) is 0 Å². The fourth-order valence-electron chi connectivity index (χ4n) is 2.97. The lowest BCUT2D eigenvalue weighted by Crippen LogP contribution is -2.49. The van der Waals surface area contributed by atoms with Gasteiger partial charge < -0.3 is 24.8 Å². The molecule has 1 aliphatic heterocycles. The van der Waals surface area contributed by atoms with E-state index in [1.54, 1.807) is 26.2 Å². The zero-order valence-corrected chi connectivity index (χ0v) is 13.4. The molecule has 0 spiro atoms. The molecule has 122 valence electrons. The Hall–Kier alpha value is -1.79. The van der Waals surface area contributed by atoms with Crippen LogP contribution in [0.25, 0.3) is 0 Å². The normalized spacial score (nSPS) is 21.8. The molecule has 1 amide bonds. The Labute approximate surface area is 131 Å². The highest BCUT2D eigenvalue weighted by molar-refractivity contribution is 5.78. The zero-order chi connectivity index (χ0) is 16.1. The van der Waals surface area contributed by atoms with Crippen LogP contribution in [-0.4, -0.2) is 51.3 Å². The van der Waals surface area contributed by atoms with Gasteiger partial charge in [-0.2, -0.15) is 0 Å². The molecular weight excluding hydrogens is 284 g/mol. The number of likely N-dealkylation sites (tertiary alicyclic amines) is 1. The van der Waals surface area contributed by atoms with Crippen LogP contribution in [-0.2, 0) is 9.53 Å². The Kier molecular flexibility index (Phi) is 5.63. The molecule has 1 heterocycles. The highest BCUT2D eigenvalue weighted by atomic mass is 16.5. The number of hydrogen-bond acceptors (Lipinski definition) is 5. The Morgan fingerprint density at radius 2 is 2.05 bits per heavy atom. The van der Waals surface area contributed by atoms with Gasteiger partial charge in [0.1, 0.15) is 0 Å². The van der Waals surface area contributed by atoms with Crippen LogP contribution in [0.4, 0.5) is 0 Å². The van der Waals surface area contributed by atoms with Crippen molar-refractivity contribution >= 4 is 5.91 Å². The van der Waals surface area contributed by atoms with Crippen molar-refractivity contribution in [2.24, 2.45) is 5.73 Å². The van der Waals surface area contributed by atoms with Gasteiger partial charge in [0.05, 0.1) is 26.9 Å². The molecule has 0 aromatic heterocycles. The quantitative estimate of drug-likeness (QED) is 0.858. The van der Waals surface area contributed by atoms with Crippen LogP contribution in [0.2, 0.25) is 0 Å². The maximum absolute atomic E-state index is 12.3. The second kappa shape index (κ2) is 7.47. The SMILES string of the molecule is COCCN1C(=O)CCC(N)C1c1cccc(OC)c1OC. The molecule has 2 atom stereocenters. The number of carbonyl (C=O) groups excluding carboxylic acids is 1. The summed E-state index contributed by atoms with van der Waals surface area (Å²) >= 11 is 0. The average Bonchev–Trinajstić information content (AvgIpc) is 2.54. The lowest BCUT2D eigenvalue weighted by atomic mass is 9.89. The topological polar surface area (TPSA) is 74.0 Å². The summed E-state index contributed by atoms with van der Waals surface area (Å²) in [4.78, 5) is 14.1. The van der Waals surface area contributed by atoms with Crippen LogP contribution in [0.15, 0.2) is 18.2 Å². The lowest BCUT2D eigenvalue weighted by Gasteiger charge is -2.40.